The fourth-order valence-electron chi connectivity index (χ4n) is 2.63. The van der Waals surface area contributed by atoms with Crippen molar-refractivity contribution in [1.82, 2.24) is 14.9 Å². The number of rotatable bonds is 5. The van der Waals surface area contributed by atoms with E-state index in [4.69, 9.17) is 15.2 Å². The first-order chi connectivity index (χ1) is 12.5. The second kappa shape index (κ2) is 7.69. The fourth-order valence-corrected chi connectivity index (χ4v) is 3.58. The Bertz CT molecular complexity index is 836. The van der Waals surface area contributed by atoms with Gasteiger partial charge in [-0.25, -0.2) is 9.78 Å². The summed E-state index contributed by atoms with van der Waals surface area (Å²) in [7, 11) is 0. The minimum Gasteiger partial charge on any atom is -0.486 e. The molecule has 0 fully saturated rings. The Hall–Kier alpha value is -2.68. The molecule has 1 aromatic carbocycles. The van der Waals surface area contributed by atoms with Gasteiger partial charge in [0.15, 0.2) is 16.7 Å². The number of ether oxygens (including phenoxy) is 2. The number of hydrogen-bond donors (Lipinski definition) is 2. The summed E-state index contributed by atoms with van der Waals surface area (Å²) < 4.78 is 13.2. The quantitative estimate of drug-likeness (QED) is 0.773. The van der Waals surface area contributed by atoms with Crippen LogP contribution in [0.4, 0.5) is 4.79 Å². The normalized spacial score (nSPS) is 13.9. The zero-order valence-electron chi connectivity index (χ0n) is 14.5. The highest BCUT2D eigenvalue weighted by atomic mass is 32.2. The summed E-state index contributed by atoms with van der Waals surface area (Å²) in [5.74, 6) is 0.990. The maximum absolute atomic E-state index is 11.9. The predicted molar refractivity (Wildman–Crippen MR) is 97.4 cm³/mol. The Balaban J connectivity index is 1.84. The predicted octanol–water partition coefficient (Wildman–Crippen LogP) is 2.02. The molecule has 2 heterocycles. The summed E-state index contributed by atoms with van der Waals surface area (Å²) in [4.78, 5) is 27.2. The maximum Gasteiger partial charge on any atom is 0.318 e. The number of urea groups is 1. The van der Waals surface area contributed by atoms with Crippen molar-refractivity contribution < 1.29 is 19.1 Å². The monoisotopic (exact) mass is 376 g/mol. The number of imide groups is 1. The minimum absolute atomic E-state index is 0.450. The van der Waals surface area contributed by atoms with Gasteiger partial charge in [-0.2, -0.15) is 0 Å². The van der Waals surface area contributed by atoms with Crippen LogP contribution in [0.3, 0.4) is 0 Å². The average Bonchev–Trinajstić information content (AvgIpc) is 3.03. The Kier molecular flexibility index (Phi) is 5.36. The van der Waals surface area contributed by atoms with Gasteiger partial charge in [-0.15, -0.1) is 0 Å². The van der Waals surface area contributed by atoms with Gasteiger partial charge in [-0.3, -0.25) is 10.1 Å². The second-order valence-electron chi connectivity index (χ2n) is 5.64. The summed E-state index contributed by atoms with van der Waals surface area (Å²) in [5, 5.41) is 2.26. The van der Waals surface area contributed by atoms with Crippen LogP contribution in [-0.2, 0) is 11.3 Å². The number of carbonyl (C=O) groups excluding carboxylic acids is 2. The van der Waals surface area contributed by atoms with Crippen molar-refractivity contribution in [2.45, 2.75) is 30.8 Å². The van der Waals surface area contributed by atoms with E-state index in [-0.39, 0.29) is 0 Å². The van der Waals surface area contributed by atoms with E-state index in [2.05, 4.69) is 10.3 Å². The first-order valence-electron chi connectivity index (χ1n) is 8.22. The highest BCUT2D eigenvalue weighted by Crippen LogP contribution is 2.36. The number of nitrogens with zero attached hydrogens (tertiary/aromatic N) is 2. The maximum atomic E-state index is 11.9. The van der Waals surface area contributed by atoms with E-state index in [1.54, 1.807) is 13.1 Å². The largest absolute Gasteiger partial charge is 0.486 e. The molecule has 0 radical (unpaired) electrons. The third kappa shape index (κ3) is 3.77. The number of aromatic nitrogens is 2. The van der Waals surface area contributed by atoms with Crippen LogP contribution in [0.1, 0.15) is 13.8 Å². The molecule has 0 bridgehead atoms. The molecule has 1 atom stereocenters. The zero-order valence-corrected chi connectivity index (χ0v) is 15.3. The molecule has 3 N–H and O–H groups in total. The van der Waals surface area contributed by atoms with Crippen molar-refractivity contribution in [3.63, 3.8) is 0 Å². The Morgan fingerprint density at radius 1 is 1.35 bits per heavy atom. The molecule has 3 rings (SSSR count). The van der Waals surface area contributed by atoms with Crippen molar-refractivity contribution in [1.29, 1.82) is 0 Å². The molecule has 3 amide bonds. The van der Waals surface area contributed by atoms with Crippen LogP contribution in [0.2, 0.25) is 0 Å². The molecule has 1 aliphatic heterocycles. The van der Waals surface area contributed by atoms with Crippen LogP contribution in [0.5, 0.6) is 11.5 Å². The number of hydrogen-bond acceptors (Lipinski definition) is 6. The third-order valence-electron chi connectivity index (χ3n) is 3.87. The lowest BCUT2D eigenvalue weighted by molar-refractivity contribution is -0.119. The summed E-state index contributed by atoms with van der Waals surface area (Å²) >= 11 is 1.27. The van der Waals surface area contributed by atoms with E-state index >= 15 is 0 Å². The smallest absolute Gasteiger partial charge is 0.318 e. The number of imidazole rings is 1. The van der Waals surface area contributed by atoms with Crippen LogP contribution in [0.15, 0.2) is 29.6 Å². The number of carbonyl (C=O) groups is 2. The highest BCUT2D eigenvalue weighted by Gasteiger charge is 2.21. The van der Waals surface area contributed by atoms with E-state index in [9.17, 15) is 9.59 Å². The second-order valence-corrected chi connectivity index (χ2v) is 6.95. The van der Waals surface area contributed by atoms with Gasteiger partial charge in [0.1, 0.15) is 13.2 Å². The average molecular weight is 376 g/mol. The Morgan fingerprint density at radius 3 is 2.77 bits per heavy atom. The zero-order chi connectivity index (χ0) is 18.7. The van der Waals surface area contributed by atoms with E-state index in [0.717, 1.165) is 17.0 Å². The van der Waals surface area contributed by atoms with Crippen LogP contribution in [0.25, 0.3) is 11.3 Å². The lowest BCUT2D eigenvalue weighted by Gasteiger charge is -2.19. The number of primary amides is 1. The van der Waals surface area contributed by atoms with Gasteiger partial charge >= 0.3 is 6.03 Å². The lowest BCUT2D eigenvalue weighted by atomic mass is 10.1. The van der Waals surface area contributed by atoms with Crippen molar-refractivity contribution in [2.24, 2.45) is 5.73 Å². The van der Waals surface area contributed by atoms with Gasteiger partial charge in [-0.1, -0.05) is 11.8 Å². The topological polar surface area (TPSA) is 108 Å². The van der Waals surface area contributed by atoms with Crippen molar-refractivity contribution in [2.75, 3.05) is 13.2 Å². The Morgan fingerprint density at radius 2 is 2.08 bits per heavy atom. The SMILES string of the molecule is CCn1c(-c2ccc3c(c2)OCCO3)cnc1S[C@H](C)C(=O)NC(N)=O. The number of nitrogens with one attached hydrogen (secondary N) is 1. The molecule has 0 spiro atoms. The molecule has 1 aliphatic rings. The number of amides is 3. The lowest BCUT2D eigenvalue weighted by Crippen LogP contribution is -2.39. The third-order valence-corrected chi connectivity index (χ3v) is 4.98. The highest BCUT2D eigenvalue weighted by molar-refractivity contribution is 8.00. The minimum atomic E-state index is -0.863. The summed E-state index contributed by atoms with van der Waals surface area (Å²) in [6, 6.07) is 4.90. The van der Waals surface area contributed by atoms with E-state index in [0.29, 0.717) is 30.7 Å². The number of thioether (sulfide) groups is 1. The van der Waals surface area contributed by atoms with Gasteiger partial charge in [0.2, 0.25) is 5.91 Å². The fraction of sp³-hybridized carbons (Fsp3) is 0.353. The van der Waals surface area contributed by atoms with Crippen LogP contribution in [0, 0.1) is 0 Å². The van der Waals surface area contributed by atoms with Gasteiger partial charge < -0.3 is 19.8 Å². The summed E-state index contributed by atoms with van der Waals surface area (Å²) in [6.07, 6.45) is 1.76. The molecule has 1 aromatic heterocycles. The van der Waals surface area contributed by atoms with Gasteiger partial charge in [-0.05, 0) is 32.0 Å². The van der Waals surface area contributed by atoms with E-state index < -0.39 is 17.2 Å². The molecular weight excluding hydrogens is 356 g/mol. The van der Waals surface area contributed by atoms with Crippen molar-refractivity contribution >= 4 is 23.7 Å². The van der Waals surface area contributed by atoms with Crippen molar-refractivity contribution in [3.8, 4) is 22.8 Å². The molecule has 138 valence electrons. The van der Waals surface area contributed by atoms with Crippen LogP contribution < -0.4 is 20.5 Å². The summed E-state index contributed by atoms with van der Waals surface area (Å²) in [6.45, 7) is 5.45. The molecule has 0 saturated heterocycles. The van der Waals surface area contributed by atoms with Gasteiger partial charge in [0, 0.05) is 12.1 Å². The summed E-state index contributed by atoms with van der Waals surface area (Å²) in [5.41, 5.74) is 6.85. The van der Waals surface area contributed by atoms with E-state index in [1.807, 2.05) is 29.7 Å². The number of nitrogens with two attached hydrogens (primary N) is 1. The molecule has 26 heavy (non-hydrogen) atoms. The molecule has 9 heteroatoms. The number of benzene rings is 1. The Labute approximate surface area is 155 Å². The first kappa shape index (κ1) is 18.1. The molecule has 2 aromatic rings. The van der Waals surface area contributed by atoms with Crippen molar-refractivity contribution in [3.05, 3.63) is 24.4 Å². The first-order valence-corrected chi connectivity index (χ1v) is 9.10. The molecule has 8 nitrogen and oxygen atoms in total. The van der Waals surface area contributed by atoms with Crippen LogP contribution in [-0.4, -0.2) is 40.0 Å². The molecule has 0 saturated carbocycles. The standard InChI is InChI=1S/C17H20N4O4S/c1-3-21-12(11-4-5-13-14(8-11)25-7-6-24-13)9-19-17(21)26-10(2)15(22)20-16(18)23/h4-5,8-10H,3,6-7H2,1-2H3,(H3,18,20,22,23)/t10-/m1/s1. The molecular formula is C17H20N4O4S. The molecule has 0 aliphatic carbocycles. The van der Waals surface area contributed by atoms with Gasteiger partial charge in [0.05, 0.1) is 17.1 Å². The van der Waals surface area contributed by atoms with E-state index in [1.165, 1.54) is 11.8 Å². The number of fused-ring (bicyclic) bond motifs is 1. The molecule has 0 unspecified atom stereocenters. The van der Waals surface area contributed by atoms with Gasteiger partial charge in [0.25, 0.3) is 0 Å². The van der Waals surface area contributed by atoms with Crippen LogP contribution >= 0.6 is 11.8 Å².